The van der Waals surface area contributed by atoms with E-state index in [4.69, 9.17) is 13.3 Å². The molecule has 0 radical (unpaired) electrons. The number of para-hydroxylation sites is 5. The summed E-state index contributed by atoms with van der Waals surface area (Å²) in [4.78, 5) is 0. The van der Waals surface area contributed by atoms with Crippen LogP contribution in [0.25, 0.3) is 197 Å². The Hall–Kier alpha value is -11.7. The fourth-order valence-electron chi connectivity index (χ4n) is 14.8. The lowest BCUT2D eigenvalue weighted by Crippen LogP contribution is -1.94. The van der Waals surface area contributed by atoms with Crippen LogP contribution in [-0.4, -0.2) is 9.13 Å². The number of thiophene rings is 1. The molecule has 0 aliphatic rings. The van der Waals surface area contributed by atoms with E-state index in [-0.39, 0.29) is 0 Å². The number of fused-ring (bicyclic) bond motifs is 20. The van der Waals surface area contributed by atoms with Crippen LogP contribution in [0, 0.1) is 0 Å². The van der Waals surface area contributed by atoms with Gasteiger partial charge in [-0.15, -0.1) is 11.3 Å². The van der Waals surface area contributed by atoms with E-state index in [1.165, 1.54) is 58.6 Å². The van der Waals surface area contributed by atoms with E-state index >= 15 is 0 Å². The Morgan fingerprint density at radius 1 is 0.244 bits per heavy atom. The van der Waals surface area contributed by atoms with Gasteiger partial charge in [0.15, 0.2) is 11.2 Å². The Morgan fingerprint density at radius 2 is 0.689 bits per heavy atom. The average Bonchev–Trinajstić information content (AvgIpc) is 1.56. The van der Waals surface area contributed by atoms with Crippen LogP contribution in [0.5, 0.6) is 0 Å². The third-order valence-corrected chi connectivity index (χ3v) is 20.2. The Balaban J connectivity index is 0.661. The van der Waals surface area contributed by atoms with Crippen LogP contribution in [-0.2, 0) is 0 Å². The largest absolute Gasteiger partial charge is 0.456 e. The number of furan rings is 3. The summed E-state index contributed by atoms with van der Waals surface area (Å²) < 4.78 is 27.3. The van der Waals surface area contributed by atoms with Crippen LogP contribution in [0.1, 0.15) is 0 Å². The van der Waals surface area contributed by atoms with Crippen molar-refractivity contribution in [2.75, 3.05) is 0 Å². The van der Waals surface area contributed by atoms with Gasteiger partial charge in [0.2, 0.25) is 0 Å². The van der Waals surface area contributed by atoms with Crippen molar-refractivity contribution in [3.8, 4) is 67.0 Å². The quantitative estimate of drug-likeness (QED) is 0.160. The van der Waals surface area contributed by atoms with Crippen LogP contribution in [0.3, 0.4) is 0 Å². The van der Waals surface area contributed by atoms with Crippen molar-refractivity contribution >= 4 is 141 Å². The van der Waals surface area contributed by atoms with Gasteiger partial charge in [-0.3, -0.25) is 0 Å². The van der Waals surface area contributed by atoms with Gasteiger partial charge in [0.1, 0.15) is 22.3 Å². The summed E-state index contributed by atoms with van der Waals surface area (Å²) in [7, 11) is 0. The molecule has 0 fully saturated rings. The minimum absolute atomic E-state index is 0.867. The zero-order chi connectivity index (χ0) is 58.7. The van der Waals surface area contributed by atoms with Crippen molar-refractivity contribution in [2.24, 2.45) is 0 Å². The molecular formula is C84H48N2O3S. The second kappa shape index (κ2) is 18.9. The number of hydrogen-bond donors (Lipinski definition) is 0. The van der Waals surface area contributed by atoms with Crippen molar-refractivity contribution in [3.63, 3.8) is 0 Å². The summed E-state index contributed by atoms with van der Waals surface area (Å²) in [5.74, 6) is 0. The number of aromatic nitrogens is 2. The molecule has 0 bridgehead atoms. The van der Waals surface area contributed by atoms with Crippen molar-refractivity contribution in [1.82, 2.24) is 9.13 Å². The molecule has 0 N–H and O–H groups in total. The molecule has 0 unspecified atom stereocenters. The van der Waals surface area contributed by atoms with Crippen LogP contribution < -0.4 is 0 Å². The maximum atomic E-state index is 7.15. The molecular weight excluding hydrogens is 1120 g/mol. The first-order valence-electron chi connectivity index (χ1n) is 30.6. The zero-order valence-corrected chi connectivity index (χ0v) is 49.1. The highest BCUT2D eigenvalue weighted by Crippen LogP contribution is 2.50. The van der Waals surface area contributed by atoms with Gasteiger partial charge in [0, 0.05) is 85.4 Å². The summed E-state index contributed by atoms with van der Waals surface area (Å²) >= 11 is 1.87. The predicted octanol–water partition coefficient (Wildman–Crippen LogP) is 24.3. The Labute approximate surface area is 518 Å². The minimum Gasteiger partial charge on any atom is -0.456 e. The summed E-state index contributed by atoms with van der Waals surface area (Å²) in [6.45, 7) is 0. The lowest BCUT2D eigenvalue weighted by atomic mass is 9.93. The van der Waals surface area contributed by atoms with E-state index in [2.05, 4.69) is 282 Å². The smallest absolute Gasteiger partial charge is 0.160 e. The molecule has 0 spiro atoms. The maximum Gasteiger partial charge on any atom is 0.160 e. The first-order chi connectivity index (χ1) is 44.6. The summed E-state index contributed by atoms with van der Waals surface area (Å²) in [6.07, 6.45) is 0. The molecule has 0 saturated carbocycles. The number of benzene rings is 14. The van der Waals surface area contributed by atoms with Gasteiger partial charge in [-0.25, -0.2) is 0 Å². The average molecular weight is 1170 g/mol. The van der Waals surface area contributed by atoms with Crippen molar-refractivity contribution in [3.05, 3.63) is 291 Å². The lowest BCUT2D eigenvalue weighted by molar-refractivity contribution is 0.669. The van der Waals surface area contributed by atoms with Gasteiger partial charge in [0.05, 0.1) is 22.1 Å². The van der Waals surface area contributed by atoms with Crippen molar-refractivity contribution in [1.29, 1.82) is 0 Å². The molecule has 0 aliphatic carbocycles. The third-order valence-electron chi connectivity index (χ3n) is 19.0. The molecule has 20 rings (SSSR count). The van der Waals surface area contributed by atoms with E-state index in [0.29, 0.717) is 0 Å². The second-order valence-corrected chi connectivity index (χ2v) is 24.8. The Bertz CT molecular complexity index is 6370. The van der Waals surface area contributed by atoms with E-state index in [1.807, 2.05) is 29.5 Å². The number of nitrogens with zero attached hydrogens (tertiary/aromatic N) is 2. The summed E-state index contributed by atoms with van der Waals surface area (Å²) in [5.41, 5.74) is 23.6. The molecule has 14 aromatic carbocycles. The first-order valence-corrected chi connectivity index (χ1v) is 31.4. The fourth-order valence-corrected chi connectivity index (χ4v) is 16.1. The standard InChI is InChI=1S/C84H48N2O3S/c1-6-21-71-59(13-1)65-45-46-66-62-16-4-9-24-74(62)88-82(66)80(65)85(71)56-40-35-52(36-41-56)50-31-33-54(34-32-50)58-18-11-20-68-78-64(19-12-26-77(78)90-84(58)68)69-48-70-60-14-2-7-22-72(60)86(81(70)83-79(69)67-17-5-10-25-75(67)89-83)57-42-37-51(38-43-57)49-27-29-53(30-28-49)55-39-44-63-61-15-3-8-23-73(61)87-76(63)47-55/h1-48H. The molecule has 0 saturated heterocycles. The second-order valence-electron chi connectivity index (χ2n) is 23.8. The highest BCUT2D eigenvalue weighted by atomic mass is 32.1. The predicted molar refractivity (Wildman–Crippen MR) is 377 cm³/mol. The van der Waals surface area contributed by atoms with Gasteiger partial charge in [-0.1, -0.05) is 206 Å². The number of hydrogen-bond acceptors (Lipinski definition) is 4. The van der Waals surface area contributed by atoms with Gasteiger partial charge in [-0.05, 0) is 141 Å². The van der Waals surface area contributed by atoms with Crippen molar-refractivity contribution < 1.29 is 13.3 Å². The minimum atomic E-state index is 0.867. The van der Waals surface area contributed by atoms with Crippen LogP contribution >= 0.6 is 11.3 Å². The van der Waals surface area contributed by atoms with E-state index in [9.17, 15) is 0 Å². The Kier molecular flexibility index (Phi) is 10.4. The van der Waals surface area contributed by atoms with Gasteiger partial charge >= 0.3 is 0 Å². The van der Waals surface area contributed by atoms with Crippen molar-refractivity contribution in [2.45, 2.75) is 0 Å². The fraction of sp³-hybridized carbons (Fsp3) is 0. The molecule has 0 aliphatic heterocycles. The molecule has 6 heteroatoms. The SMILES string of the molecule is c1ccc2c(c1)oc1cc(-c3ccc(-c4ccc(-n5c6ccccc6c6cc(-c7cccc8sc9c(-c%10ccc(-c%11ccc(-n%12c%13ccccc%13c%13ccc%14c%15ccccc%15oc%14c%13%12)cc%11)cc%10)cccc9c78)c7c8ccccc8oc7c65)cc4)cc3)ccc12. The van der Waals surface area contributed by atoms with E-state index < -0.39 is 0 Å². The highest BCUT2D eigenvalue weighted by molar-refractivity contribution is 7.26. The molecule has 0 amide bonds. The van der Waals surface area contributed by atoms with E-state index in [1.54, 1.807) is 0 Å². The first kappa shape index (κ1) is 49.4. The molecule has 20 aromatic rings. The van der Waals surface area contributed by atoms with E-state index in [0.717, 1.165) is 138 Å². The van der Waals surface area contributed by atoms with Crippen LogP contribution in [0.4, 0.5) is 0 Å². The topological polar surface area (TPSA) is 49.3 Å². The molecule has 6 aromatic heterocycles. The highest BCUT2D eigenvalue weighted by Gasteiger charge is 2.26. The molecule has 418 valence electrons. The van der Waals surface area contributed by atoms with Crippen LogP contribution in [0.15, 0.2) is 304 Å². The van der Waals surface area contributed by atoms with Gasteiger partial charge < -0.3 is 22.4 Å². The molecule has 90 heavy (non-hydrogen) atoms. The summed E-state index contributed by atoms with van der Waals surface area (Å²) in [6, 6.07) is 106. The van der Waals surface area contributed by atoms with Crippen LogP contribution in [0.2, 0.25) is 0 Å². The Morgan fingerprint density at radius 3 is 1.36 bits per heavy atom. The lowest BCUT2D eigenvalue weighted by Gasteiger charge is -2.12. The monoisotopic (exact) mass is 1160 g/mol. The van der Waals surface area contributed by atoms with Gasteiger partial charge in [-0.2, -0.15) is 0 Å². The summed E-state index contributed by atoms with van der Waals surface area (Å²) in [5, 5.41) is 14.0. The third kappa shape index (κ3) is 7.19. The van der Waals surface area contributed by atoms with Gasteiger partial charge in [0.25, 0.3) is 0 Å². The molecule has 6 heterocycles. The molecule has 0 atom stereocenters. The zero-order valence-electron chi connectivity index (χ0n) is 48.2. The molecule has 5 nitrogen and oxygen atoms in total. The normalized spacial score (nSPS) is 12.2. The maximum absolute atomic E-state index is 7.15. The number of rotatable bonds is 7.